The topological polar surface area (TPSA) is 77.6 Å². The van der Waals surface area contributed by atoms with Gasteiger partial charge < -0.3 is 19.2 Å². The normalized spacial score (nSPS) is 15.4. The summed E-state index contributed by atoms with van der Waals surface area (Å²) in [6, 6.07) is 17.3. The van der Waals surface area contributed by atoms with E-state index in [4.69, 9.17) is 9.47 Å². The number of ketones is 1. The van der Waals surface area contributed by atoms with Crippen molar-refractivity contribution in [1.82, 2.24) is 4.98 Å². The molecule has 9 heteroatoms. The van der Waals surface area contributed by atoms with Gasteiger partial charge in [0, 0.05) is 23.6 Å². The third-order valence-corrected chi connectivity index (χ3v) is 6.09. The summed E-state index contributed by atoms with van der Waals surface area (Å²) in [5.41, 5.74) is 2.05. The summed E-state index contributed by atoms with van der Waals surface area (Å²) in [6.45, 7) is 0. The molecule has 0 bridgehead atoms. The summed E-state index contributed by atoms with van der Waals surface area (Å²) in [5, 5.41) is 0.445. The molecule has 5 rings (SSSR count). The lowest BCUT2D eigenvalue weighted by molar-refractivity contribution is -0.274. The van der Waals surface area contributed by atoms with E-state index in [1.54, 1.807) is 37.4 Å². The van der Waals surface area contributed by atoms with E-state index in [1.165, 1.54) is 24.3 Å². The molecule has 6 nitrogen and oxygen atoms in total. The van der Waals surface area contributed by atoms with Gasteiger partial charge in [-0.1, -0.05) is 12.1 Å². The second kappa shape index (κ2) is 9.07. The lowest BCUT2D eigenvalue weighted by atomic mass is 9.81. The maximum Gasteiger partial charge on any atom is 0.573 e. The molecule has 0 aliphatic heterocycles. The number of halogens is 3. The van der Waals surface area contributed by atoms with Gasteiger partial charge in [-0.15, -0.1) is 13.2 Å². The van der Waals surface area contributed by atoms with E-state index < -0.39 is 6.36 Å². The Morgan fingerprint density at radius 2 is 1.44 bits per heavy atom. The molecule has 1 unspecified atom stereocenters. The van der Waals surface area contributed by atoms with Crippen molar-refractivity contribution in [3.05, 3.63) is 93.8 Å². The number of aromatic nitrogens is 1. The Kier molecular flexibility index (Phi) is 5.91. The molecule has 1 aromatic heterocycles. The van der Waals surface area contributed by atoms with Crippen LogP contribution in [-0.2, 0) is 6.42 Å². The van der Waals surface area contributed by atoms with Gasteiger partial charge in [0.25, 0.3) is 0 Å². The number of nitrogens with one attached hydrogen (secondary N) is 1. The molecule has 36 heavy (non-hydrogen) atoms. The van der Waals surface area contributed by atoms with Crippen molar-refractivity contribution in [2.45, 2.75) is 25.1 Å². The average molecular weight is 495 g/mol. The van der Waals surface area contributed by atoms with Crippen LogP contribution in [0.1, 0.15) is 34.0 Å². The Bertz CT molecular complexity index is 1490. The first kappa shape index (κ1) is 23.5. The molecule has 1 N–H and O–H groups in total. The molecule has 1 heterocycles. The Labute approximate surface area is 203 Å². The van der Waals surface area contributed by atoms with Gasteiger partial charge in [-0.3, -0.25) is 9.59 Å². The molecule has 1 aliphatic rings. The van der Waals surface area contributed by atoms with Gasteiger partial charge in [0.05, 0.1) is 18.2 Å². The van der Waals surface area contributed by atoms with Crippen LogP contribution in [0.5, 0.6) is 23.0 Å². The fraction of sp³-hybridized carbons (Fsp3) is 0.185. The van der Waals surface area contributed by atoms with Crippen LogP contribution in [0, 0.1) is 0 Å². The Morgan fingerprint density at radius 3 is 2.08 bits per heavy atom. The van der Waals surface area contributed by atoms with E-state index in [9.17, 15) is 22.8 Å². The zero-order valence-corrected chi connectivity index (χ0v) is 19.0. The molecule has 4 aromatic rings. The van der Waals surface area contributed by atoms with Gasteiger partial charge in [0.2, 0.25) is 0 Å². The maximum absolute atomic E-state index is 13.0. The minimum atomic E-state index is -4.76. The number of H-pyrrole nitrogens is 1. The molecule has 0 saturated heterocycles. The van der Waals surface area contributed by atoms with E-state index in [2.05, 4.69) is 9.72 Å². The summed E-state index contributed by atoms with van der Waals surface area (Å²) >= 11 is 0. The highest BCUT2D eigenvalue weighted by molar-refractivity contribution is 6.01. The van der Waals surface area contributed by atoms with Crippen LogP contribution in [-0.4, -0.2) is 24.2 Å². The summed E-state index contributed by atoms with van der Waals surface area (Å²) in [6.07, 6.45) is -4.06. The number of carbonyl (C=O) groups is 1. The number of fused-ring (bicyclic) bond motifs is 2. The number of aromatic amines is 1. The molecule has 1 aliphatic carbocycles. The van der Waals surface area contributed by atoms with Crippen LogP contribution < -0.4 is 19.6 Å². The Hall–Kier alpha value is -4.27. The molecule has 0 saturated carbocycles. The zero-order valence-electron chi connectivity index (χ0n) is 19.0. The highest BCUT2D eigenvalue weighted by Crippen LogP contribution is 2.34. The van der Waals surface area contributed by atoms with Gasteiger partial charge >= 0.3 is 6.36 Å². The van der Waals surface area contributed by atoms with E-state index in [0.29, 0.717) is 40.3 Å². The quantitative estimate of drug-likeness (QED) is 0.360. The second-order valence-corrected chi connectivity index (χ2v) is 8.44. The van der Waals surface area contributed by atoms with Crippen LogP contribution in [0.25, 0.3) is 10.9 Å². The third-order valence-electron chi connectivity index (χ3n) is 6.09. The van der Waals surface area contributed by atoms with Crippen LogP contribution in [0.15, 0.2) is 71.5 Å². The van der Waals surface area contributed by atoms with E-state index in [1.807, 2.05) is 12.1 Å². The molecule has 0 amide bonds. The van der Waals surface area contributed by atoms with Crippen molar-refractivity contribution in [2.24, 2.45) is 0 Å². The minimum absolute atomic E-state index is 0.128. The first-order valence-electron chi connectivity index (χ1n) is 11.1. The summed E-state index contributed by atoms with van der Waals surface area (Å²) < 4.78 is 51.7. The minimum Gasteiger partial charge on any atom is -0.497 e. The smallest absolute Gasteiger partial charge is 0.497 e. The first-order chi connectivity index (χ1) is 17.2. The number of pyridine rings is 1. The van der Waals surface area contributed by atoms with E-state index >= 15 is 0 Å². The third kappa shape index (κ3) is 4.77. The number of methoxy groups -OCH3 is 1. The number of alkyl halides is 3. The summed E-state index contributed by atoms with van der Waals surface area (Å²) in [5.74, 6) is 0.765. The lowest BCUT2D eigenvalue weighted by Crippen LogP contribution is -2.27. The van der Waals surface area contributed by atoms with Crippen molar-refractivity contribution in [3.63, 3.8) is 0 Å². The van der Waals surface area contributed by atoms with E-state index in [0.717, 1.165) is 5.56 Å². The van der Waals surface area contributed by atoms with Crippen LogP contribution >= 0.6 is 0 Å². The van der Waals surface area contributed by atoms with Crippen molar-refractivity contribution < 1.29 is 32.2 Å². The standard InChI is InChI=1S/C27H20F3NO5/c1-34-20-10-11-21-22(14-20)31-23-12-16(13-24(32)25(23)26(21)33)15-2-4-17(5-3-15)35-18-6-8-19(9-7-18)36-27(28,29)30/h2-11,14,16H,12-13H2,1H3,(H,31,33). The van der Waals surface area contributed by atoms with Crippen molar-refractivity contribution in [3.8, 4) is 23.0 Å². The zero-order chi connectivity index (χ0) is 25.4. The number of hydrogen-bond donors (Lipinski definition) is 1. The van der Waals surface area contributed by atoms with Crippen molar-refractivity contribution in [2.75, 3.05) is 7.11 Å². The number of ether oxygens (including phenoxy) is 3. The molecule has 184 valence electrons. The van der Waals surface area contributed by atoms with Gasteiger partial charge in [-0.05, 0) is 66.4 Å². The van der Waals surface area contributed by atoms with Gasteiger partial charge in [-0.2, -0.15) is 0 Å². The fourth-order valence-electron chi connectivity index (χ4n) is 4.43. The average Bonchev–Trinajstić information content (AvgIpc) is 2.84. The molecular weight excluding hydrogens is 475 g/mol. The fourth-order valence-corrected chi connectivity index (χ4v) is 4.43. The van der Waals surface area contributed by atoms with Gasteiger partial charge in [0.15, 0.2) is 11.2 Å². The number of benzene rings is 3. The van der Waals surface area contributed by atoms with Gasteiger partial charge in [-0.25, -0.2) is 0 Å². The lowest BCUT2D eigenvalue weighted by Gasteiger charge is -2.24. The first-order valence-corrected chi connectivity index (χ1v) is 11.1. The molecule has 0 fully saturated rings. The SMILES string of the molecule is COc1ccc2c(=O)c3c([nH]c2c1)CC(c1ccc(Oc2ccc(OC(F)(F)F)cc2)cc1)CC3=O. The predicted octanol–water partition coefficient (Wildman–Crippen LogP) is 6.14. The largest absolute Gasteiger partial charge is 0.573 e. The molecule has 0 spiro atoms. The second-order valence-electron chi connectivity index (χ2n) is 8.44. The van der Waals surface area contributed by atoms with Crippen molar-refractivity contribution >= 4 is 16.7 Å². The summed E-state index contributed by atoms with van der Waals surface area (Å²) in [4.78, 5) is 29.2. The summed E-state index contributed by atoms with van der Waals surface area (Å²) in [7, 11) is 1.54. The Balaban J connectivity index is 1.34. The van der Waals surface area contributed by atoms with E-state index in [-0.39, 0.29) is 34.9 Å². The molecule has 1 atom stereocenters. The molecule has 0 radical (unpaired) electrons. The molecule has 3 aromatic carbocycles. The number of rotatable bonds is 5. The molecular formula is C27H20F3NO5. The van der Waals surface area contributed by atoms with Crippen LogP contribution in [0.3, 0.4) is 0 Å². The number of carbonyl (C=O) groups excluding carboxylic acids is 1. The van der Waals surface area contributed by atoms with Crippen LogP contribution in [0.4, 0.5) is 13.2 Å². The van der Waals surface area contributed by atoms with Crippen LogP contribution in [0.2, 0.25) is 0 Å². The number of hydrogen-bond acceptors (Lipinski definition) is 5. The van der Waals surface area contributed by atoms with Crippen molar-refractivity contribution in [1.29, 1.82) is 0 Å². The predicted molar refractivity (Wildman–Crippen MR) is 126 cm³/mol. The highest BCUT2D eigenvalue weighted by atomic mass is 19.4. The Morgan fingerprint density at radius 1 is 0.833 bits per heavy atom. The number of Topliss-reactive ketones (excluding diaryl/α,β-unsaturated/α-hetero) is 1. The van der Waals surface area contributed by atoms with Gasteiger partial charge in [0.1, 0.15) is 23.0 Å². The highest BCUT2D eigenvalue weighted by Gasteiger charge is 2.31. The monoisotopic (exact) mass is 495 g/mol. The maximum atomic E-state index is 13.0.